The molecule has 0 bridgehead atoms. The molecule has 0 saturated carbocycles. The topological polar surface area (TPSA) is 52.7 Å². The lowest BCUT2D eigenvalue weighted by Crippen LogP contribution is -2.12. The van der Waals surface area contributed by atoms with E-state index in [0.717, 1.165) is 56.1 Å². The zero-order valence-electron chi connectivity index (χ0n) is 23.1. The lowest BCUT2D eigenvalue weighted by molar-refractivity contribution is 0.886. The number of hydrogen-bond donors (Lipinski definition) is 0. The summed E-state index contributed by atoms with van der Waals surface area (Å²) in [5, 5.41) is 20.3. The maximum Gasteiger partial charge on any atom is 0.226 e. The van der Waals surface area contributed by atoms with Crippen LogP contribution in [0.1, 0.15) is 48.9 Å². The molecule has 188 valence electrons. The molecular formula is C31H36BN5. The first-order valence-electron chi connectivity index (χ1n) is 12.8. The van der Waals surface area contributed by atoms with Gasteiger partial charge in [-0.05, 0) is 104 Å². The highest BCUT2D eigenvalue weighted by atomic mass is 15.1. The Bertz CT molecular complexity index is 1420. The van der Waals surface area contributed by atoms with Gasteiger partial charge in [0, 0.05) is 5.69 Å². The van der Waals surface area contributed by atoms with Crippen molar-refractivity contribution in [3.8, 4) is 0 Å². The molecule has 0 aromatic heterocycles. The summed E-state index contributed by atoms with van der Waals surface area (Å²) in [4.78, 5) is 1.61. The van der Waals surface area contributed by atoms with Crippen molar-refractivity contribution in [2.75, 3.05) is 11.9 Å². The van der Waals surface area contributed by atoms with Crippen molar-refractivity contribution in [3.05, 3.63) is 89.0 Å². The fourth-order valence-corrected chi connectivity index (χ4v) is 3.73. The van der Waals surface area contributed by atoms with Crippen LogP contribution in [0.15, 0.2) is 87.2 Å². The second-order valence-corrected chi connectivity index (χ2v) is 9.39. The maximum atomic E-state index is 5.90. The predicted molar refractivity (Wildman–Crippen MR) is 159 cm³/mol. The van der Waals surface area contributed by atoms with Gasteiger partial charge in [0.1, 0.15) is 0 Å². The largest absolute Gasteiger partial charge is 0.427 e. The van der Waals surface area contributed by atoms with Crippen molar-refractivity contribution in [1.82, 2.24) is 0 Å². The van der Waals surface area contributed by atoms with Crippen LogP contribution in [0.4, 0.5) is 28.4 Å². The number of unbranched alkanes of at least 4 members (excludes halogenated alkanes) is 1. The lowest BCUT2D eigenvalue weighted by Gasteiger charge is -2.17. The van der Waals surface area contributed by atoms with Crippen molar-refractivity contribution in [1.29, 1.82) is 0 Å². The van der Waals surface area contributed by atoms with Gasteiger partial charge in [0.25, 0.3) is 0 Å². The zero-order chi connectivity index (χ0) is 26.9. The van der Waals surface area contributed by atoms with Gasteiger partial charge < -0.3 is 4.81 Å². The van der Waals surface area contributed by atoms with E-state index in [1.165, 1.54) is 18.2 Å². The molecular weight excluding hydrogens is 453 g/mol. The van der Waals surface area contributed by atoms with Gasteiger partial charge in [0.2, 0.25) is 7.98 Å². The third-order valence-corrected chi connectivity index (χ3v) is 6.18. The zero-order valence-corrected chi connectivity index (χ0v) is 23.1. The van der Waals surface area contributed by atoms with E-state index >= 15 is 0 Å². The first-order chi connectivity index (χ1) is 17.7. The van der Waals surface area contributed by atoms with Crippen LogP contribution in [0.3, 0.4) is 0 Å². The fraction of sp³-hybridized carbons (Fsp3) is 0.290. The molecule has 0 amide bonds. The molecule has 0 aliphatic rings. The maximum absolute atomic E-state index is 5.90. The van der Waals surface area contributed by atoms with Crippen LogP contribution in [0.2, 0.25) is 0 Å². The Hall–Kier alpha value is -3.80. The van der Waals surface area contributed by atoms with Crippen LogP contribution in [-0.4, -0.2) is 15.0 Å². The number of nitrogens with zero attached hydrogens (tertiary/aromatic N) is 5. The summed E-state index contributed by atoms with van der Waals surface area (Å²) in [6, 6.07) is 22.3. The number of hydrogen-bond acceptors (Lipinski definition) is 5. The number of fused-ring (bicyclic) bond motifs is 1. The van der Waals surface area contributed by atoms with Crippen molar-refractivity contribution in [2.24, 2.45) is 20.5 Å². The molecule has 4 aromatic rings. The van der Waals surface area contributed by atoms with Crippen molar-refractivity contribution in [2.45, 2.75) is 54.4 Å². The Morgan fingerprint density at radius 1 is 0.595 bits per heavy atom. The van der Waals surface area contributed by atoms with E-state index in [9.17, 15) is 0 Å². The van der Waals surface area contributed by atoms with Crippen LogP contribution in [0.5, 0.6) is 0 Å². The Morgan fingerprint density at radius 2 is 1.08 bits per heavy atom. The monoisotopic (exact) mass is 489 g/mol. The smallest absolute Gasteiger partial charge is 0.226 e. The van der Waals surface area contributed by atoms with Crippen molar-refractivity contribution < 1.29 is 0 Å². The van der Waals surface area contributed by atoms with Crippen LogP contribution in [0, 0.1) is 27.7 Å². The number of anilines is 1. The van der Waals surface area contributed by atoms with Gasteiger partial charge in [-0.15, -0.1) is 0 Å². The van der Waals surface area contributed by atoms with E-state index < -0.39 is 0 Å². The second-order valence-electron chi connectivity index (χ2n) is 9.39. The standard InChI is InChI=1S/C27H26BN5.C4H10/c1-17-13-25(31-32-26-14-20(4)27(33(5)28)15-19(26)3)18(2)12-24(17)30-29-23-11-10-21-8-6-7-9-22(21)16-23;1-3-4-2/h6-16H,1-5H3;3-4H2,1-2H3. The van der Waals surface area contributed by atoms with E-state index in [4.69, 9.17) is 7.98 Å². The molecule has 0 saturated heterocycles. The second kappa shape index (κ2) is 13.0. The van der Waals surface area contributed by atoms with Crippen LogP contribution in [-0.2, 0) is 0 Å². The van der Waals surface area contributed by atoms with E-state index in [2.05, 4.69) is 52.5 Å². The number of aryl methyl sites for hydroxylation is 4. The van der Waals surface area contributed by atoms with Gasteiger partial charge in [-0.25, -0.2) is 0 Å². The minimum Gasteiger partial charge on any atom is -0.427 e. The molecule has 6 heteroatoms. The highest BCUT2D eigenvalue weighted by molar-refractivity contribution is 6.17. The highest BCUT2D eigenvalue weighted by Crippen LogP contribution is 2.33. The molecule has 0 unspecified atom stereocenters. The Kier molecular flexibility index (Phi) is 9.73. The van der Waals surface area contributed by atoms with E-state index in [1.54, 1.807) is 4.81 Å². The minimum atomic E-state index is 0.814. The Morgan fingerprint density at radius 3 is 1.62 bits per heavy atom. The number of rotatable bonds is 6. The molecule has 0 fully saturated rings. The molecule has 37 heavy (non-hydrogen) atoms. The summed E-state index contributed by atoms with van der Waals surface area (Å²) in [7, 11) is 7.73. The van der Waals surface area contributed by atoms with E-state index in [0.29, 0.717) is 0 Å². The Balaban J connectivity index is 0.000000886. The summed E-state index contributed by atoms with van der Waals surface area (Å²) >= 11 is 0. The molecule has 4 aromatic carbocycles. The third kappa shape index (κ3) is 7.35. The summed E-state index contributed by atoms with van der Waals surface area (Å²) in [5.41, 5.74) is 8.32. The van der Waals surface area contributed by atoms with Gasteiger partial charge in [0.15, 0.2) is 0 Å². The predicted octanol–water partition coefficient (Wildman–Crippen LogP) is 10.2. The molecule has 0 aliphatic carbocycles. The number of azo groups is 2. The quantitative estimate of drug-likeness (QED) is 0.196. The average molecular weight is 489 g/mol. The van der Waals surface area contributed by atoms with Gasteiger partial charge in [-0.1, -0.05) is 57.0 Å². The first-order valence-corrected chi connectivity index (χ1v) is 12.8. The minimum absolute atomic E-state index is 0.814. The van der Waals surface area contributed by atoms with Crippen LogP contribution < -0.4 is 4.81 Å². The molecule has 2 radical (unpaired) electrons. The van der Waals surface area contributed by atoms with Crippen LogP contribution in [0.25, 0.3) is 10.8 Å². The van der Waals surface area contributed by atoms with Gasteiger partial charge in [-0.3, -0.25) is 0 Å². The van der Waals surface area contributed by atoms with Gasteiger partial charge in [-0.2, -0.15) is 20.5 Å². The van der Waals surface area contributed by atoms with Crippen molar-refractivity contribution >= 4 is 47.2 Å². The molecule has 0 spiro atoms. The molecule has 0 N–H and O–H groups in total. The summed E-state index contributed by atoms with van der Waals surface area (Å²) in [5.74, 6) is 0. The average Bonchev–Trinajstić information content (AvgIpc) is 2.89. The van der Waals surface area contributed by atoms with E-state index in [1.807, 2.05) is 83.3 Å². The van der Waals surface area contributed by atoms with Crippen LogP contribution >= 0.6 is 0 Å². The fourth-order valence-electron chi connectivity index (χ4n) is 3.73. The third-order valence-electron chi connectivity index (χ3n) is 6.18. The van der Waals surface area contributed by atoms with Gasteiger partial charge >= 0.3 is 0 Å². The summed E-state index contributed by atoms with van der Waals surface area (Å²) < 4.78 is 0. The molecule has 0 heterocycles. The Labute approximate surface area is 222 Å². The van der Waals surface area contributed by atoms with E-state index in [-0.39, 0.29) is 0 Å². The molecule has 4 rings (SSSR count). The van der Waals surface area contributed by atoms with Crippen molar-refractivity contribution in [3.63, 3.8) is 0 Å². The first kappa shape index (κ1) is 27.8. The molecule has 5 nitrogen and oxygen atoms in total. The SMILES string of the molecule is CCCC.[B]N(C)c1cc(C)c(N=Nc2cc(C)c(N=Nc3ccc4ccccc4c3)cc2C)cc1C. The molecule has 0 aliphatic heterocycles. The lowest BCUT2D eigenvalue weighted by atomic mass is 10.1. The van der Waals surface area contributed by atoms with Gasteiger partial charge in [0.05, 0.1) is 22.7 Å². The summed E-state index contributed by atoms with van der Waals surface area (Å²) in [6.07, 6.45) is 2.64. The molecule has 0 atom stereocenters. The summed E-state index contributed by atoms with van der Waals surface area (Å²) in [6.45, 7) is 12.4. The number of benzene rings is 4. The normalized spacial score (nSPS) is 11.2. The highest BCUT2D eigenvalue weighted by Gasteiger charge is 2.07.